The van der Waals surface area contributed by atoms with Crippen LogP contribution in [-0.4, -0.2) is 75.6 Å². The molecule has 11 nitrogen and oxygen atoms in total. The van der Waals surface area contributed by atoms with Gasteiger partial charge in [-0.25, -0.2) is 4.79 Å². The summed E-state index contributed by atoms with van der Waals surface area (Å²) < 4.78 is 21.1. The molecule has 11 heteroatoms. The van der Waals surface area contributed by atoms with Gasteiger partial charge in [-0.15, -0.1) is 0 Å². The summed E-state index contributed by atoms with van der Waals surface area (Å²) in [6, 6.07) is 4.75. The summed E-state index contributed by atoms with van der Waals surface area (Å²) >= 11 is 0. The Labute approximate surface area is 182 Å². The number of carboxylic acid groups (broad SMARTS) is 1. The first-order chi connectivity index (χ1) is 15.2. The second kappa shape index (κ2) is 10.1. The average Bonchev–Trinajstić information content (AvgIpc) is 3.07. The molecule has 5 atom stereocenters. The van der Waals surface area contributed by atoms with Crippen LogP contribution in [0.2, 0.25) is 0 Å². The maximum Gasteiger partial charge on any atom is 0.348 e. The Bertz CT molecular complexity index is 909. The lowest BCUT2D eigenvalue weighted by Gasteiger charge is -2.40. The van der Waals surface area contributed by atoms with E-state index in [0.717, 1.165) is 6.42 Å². The second-order valence-corrected chi connectivity index (χ2v) is 7.31. The molecule has 174 valence electrons. The summed E-state index contributed by atoms with van der Waals surface area (Å²) in [6.45, 7) is 1.39. The molecule has 0 radical (unpaired) electrons. The first kappa shape index (κ1) is 23.7. The predicted molar refractivity (Wildman–Crippen MR) is 105 cm³/mol. The predicted octanol–water partition coefficient (Wildman–Crippen LogP) is 0.202. The molecule has 1 saturated heterocycles. The van der Waals surface area contributed by atoms with Gasteiger partial charge in [-0.2, -0.15) is 0 Å². The fraction of sp³-hybridized carbons (Fsp3) is 0.476. The Morgan fingerprint density at radius 2 is 1.91 bits per heavy atom. The summed E-state index contributed by atoms with van der Waals surface area (Å²) in [6.07, 6.45) is -5.46. The van der Waals surface area contributed by atoms with Gasteiger partial charge >= 0.3 is 17.9 Å². The van der Waals surface area contributed by atoms with Crippen molar-refractivity contribution in [3.8, 4) is 5.75 Å². The van der Waals surface area contributed by atoms with Crippen LogP contribution in [0.4, 0.5) is 0 Å². The normalized spacial score (nSPS) is 28.2. The molecule has 1 aromatic rings. The van der Waals surface area contributed by atoms with Gasteiger partial charge in [-0.1, -0.05) is 25.5 Å². The molecule has 0 spiro atoms. The Hall–Kier alpha value is -2.99. The van der Waals surface area contributed by atoms with E-state index in [-0.39, 0.29) is 11.3 Å². The molecule has 2 heterocycles. The number of allylic oxidation sites excluding steroid dienone is 1. The molecule has 1 fully saturated rings. The lowest BCUT2D eigenvalue weighted by Crippen LogP contribution is -2.60. The van der Waals surface area contributed by atoms with Gasteiger partial charge in [0, 0.05) is 5.56 Å². The van der Waals surface area contributed by atoms with Crippen molar-refractivity contribution in [2.45, 2.75) is 56.9 Å². The zero-order valence-corrected chi connectivity index (χ0v) is 17.2. The highest BCUT2D eigenvalue weighted by molar-refractivity contribution is 6.05. The number of benzene rings is 1. The number of cyclic esters (lactones) is 1. The summed E-state index contributed by atoms with van der Waals surface area (Å²) in [5.74, 6) is -2.69. The molecule has 0 bridgehead atoms. The van der Waals surface area contributed by atoms with Crippen LogP contribution in [0.1, 0.15) is 42.1 Å². The Morgan fingerprint density at radius 1 is 1.16 bits per heavy atom. The maximum atomic E-state index is 12.4. The van der Waals surface area contributed by atoms with Crippen LogP contribution >= 0.6 is 0 Å². The van der Waals surface area contributed by atoms with E-state index < -0.39 is 61.6 Å². The number of hydrogen-bond acceptors (Lipinski definition) is 10. The summed E-state index contributed by atoms with van der Waals surface area (Å²) in [5.41, 5.74) is 0.627. The van der Waals surface area contributed by atoms with Gasteiger partial charge < -0.3 is 39.4 Å². The van der Waals surface area contributed by atoms with Crippen molar-refractivity contribution < 1.29 is 53.8 Å². The number of unbranched alkanes of at least 4 members (excludes halogenated alkanes) is 1. The SMILES string of the molecule is CCCC=C1OC(=O)c2c(OC3OC(COC(=O)CC(=O)O)C(O)C(O)C3O)cccc21. The van der Waals surface area contributed by atoms with Crippen LogP contribution in [0.15, 0.2) is 24.3 Å². The molecule has 4 N–H and O–H groups in total. The molecule has 0 aromatic heterocycles. The van der Waals surface area contributed by atoms with E-state index in [4.69, 9.17) is 24.1 Å². The number of carbonyl (C=O) groups is 3. The Balaban J connectivity index is 1.77. The average molecular weight is 452 g/mol. The number of aliphatic carboxylic acids is 1. The van der Waals surface area contributed by atoms with Crippen molar-refractivity contribution in [1.82, 2.24) is 0 Å². The lowest BCUT2D eigenvalue weighted by molar-refractivity contribution is -0.278. The number of fused-ring (bicyclic) bond motifs is 1. The van der Waals surface area contributed by atoms with Crippen molar-refractivity contribution >= 4 is 23.7 Å². The van der Waals surface area contributed by atoms with Crippen molar-refractivity contribution in [2.75, 3.05) is 6.61 Å². The van der Waals surface area contributed by atoms with Gasteiger partial charge in [0.1, 0.15) is 54.5 Å². The van der Waals surface area contributed by atoms with Crippen molar-refractivity contribution in [3.05, 3.63) is 35.4 Å². The third-order valence-corrected chi connectivity index (χ3v) is 4.93. The monoisotopic (exact) mass is 452 g/mol. The zero-order chi connectivity index (χ0) is 23.4. The first-order valence-electron chi connectivity index (χ1n) is 10.0. The van der Waals surface area contributed by atoms with Gasteiger partial charge in [-0.05, 0) is 18.6 Å². The van der Waals surface area contributed by atoms with Crippen molar-refractivity contribution in [2.24, 2.45) is 0 Å². The maximum absolute atomic E-state index is 12.4. The molecule has 3 rings (SSSR count). The van der Waals surface area contributed by atoms with Crippen LogP contribution in [0.25, 0.3) is 5.76 Å². The van der Waals surface area contributed by atoms with Crippen LogP contribution < -0.4 is 4.74 Å². The third kappa shape index (κ3) is 5.07. The van der Waals surface area contributed by atoms with Crippen LogP contribution in [0, 0.1) is 0 Å². The van der Waals surface area contributed by atoms with Crippen LogP contribution in [-0.2, 0) is 23.8 Å². The number of carbonyl (C=O) groups excluding carboxylic acids is 2. The molecule has 2 aliphatic rings. The molecular weight excluding hydrogens is 428 g/mol. The molecule has 1 aromatic carbocycles. The minimum atomic E-state index is -1.72. The van der Waals surface area contributed by atoms with Crippen LogP contribution in [0.3, 0.4) is 0 Å². The minimum absolute atomic E-state index is 0.0293. The van der Waals surface area contributed by atoms with Gasteiger partial charge in [-0.3, -0.25) is 9.59 Å². The fourth-order valence-electron chi connectivity index (χ4n) is 3.30. The Morgan fingerprint density at radius 3 is 2.59 bits per heavy atom. The highest BCUT2D eigenvalue weighted by Crippen LogP contribution is 2.37. The van der Waals surface area contributed by atoms with Gasteiger partial charge in [0.25, 0.3) is 0 Å². The van der Waals surface area contributed by atoms with Crippen molar-refractivity contribution in [3.63, 3.8) is 0 Å². The zero-order valence-electron chi connectivity index (χ0n) is 17.2. The van der Waals surface area contributed by atoms with E-state index in [1.165, 1.54) is 6.07 Å². The third-order valence-electron chi connectivity index (χ3n) is 4.93. The standard InChI is InChI=1S/C21H24O11/c1-2-3-6-11-10-5-4-7-12(16(10)20(28)30-11)31-21-19(27)18(26)17(25)13(32-21)9-29-15(24)8-14(22)23/h4-7,13,17-19,21,25-27H,2-3,8-9H2,1H3,(H,22,23). The quantitative estimate of drug-likeness (QED) is 0.314. The number of ether oxygens (including phenoxy) is 4. The topological polar surface area (TPSA) is 169 Å². The summed E-state index contributed by atoms with van der Waals surface area (Å²) in [5, 5.41) is 39.2. The van der Waals surface area contributed by atoms with Crippen molar-refractivity contribution in [1.29, 1.82) is 0 Å². The highest BCUT2D eigenvalue weighted by Gasteiger charge is 2.46. The lowest BCUT2D eigenvalue weighted by atomic mass is 9.99. The number of aliphatic hydroxyl groups is 3. The smallest absolute Gasteiger partial charge is 0.348 e. The minimum Gasteiger partial charge on any atom is -0.481 e. The van der Waals surface area contributed by atoms with E-state index in [1.807, 2.05) is 6.92 Å². The first-order valence-corrected chi connectivity index (χ1v) is 10.0. The van der Waals surface area contributed by atoms with Gasteiger partial charge in [0.05, 0.1) is 0 Å². The van der Waals surface area contributed by atoms with E-state index >= 15 is 0 Å². The highest BCUT2D eigenvalue weighted by atomic mass is 16.7. The molecule has 0 aliphatic carbocycles. The summed E-state index contributed by atoms with van der Waals surface area (Å²) in [7, 11) is 0. The fourth-order valence-corrected chi connectivity index (χ4v) is 3.30. The second-order valence-electron chi connectivity index (χ2n) is 7.31. The number of hydrogen-bond donors (Lipinski definition) is 4. The number of rotatable bonds is 8. The number of carboxylic acids is 1. The van der Waals surface area contributed by atoms with E-state index in [9.17, 15) is 29.7 Å². The van der Waals surface area contributed by atoms with E-state index in [0.29, 0.717) is 17.7 Å². The number of aliphatic hydroxyl groups excluding tert-OH is 3. The molecule has 0 amide bonds. The van der Waals surface area contributed by atoms with Crippen LogP contribution in [0.5, 0.6) is 5.75 Å². The van der Waals surface area contributed by atoms with E-state index in [1.54, 1.807) is 18.2 Å². The summed E-state index contributed by atoms with van der Waals surface area (Å²) in [4.78, 5) is 34.4. The molecular formula is C21H24O11. The molecule has 5 unspecified atom stereocenters. The van der Waals surface area contributed by atoms with Gasteiger partial charge in [0.15, 0.2) is 0 Å². The van der Waals surface area contributed by atoms with E-state index in [2.05, 4.69) is 0 Å². The number of esters is 2. The molecule has 32 heavy (non-hydrogen) atoms. The Kier molecular flexibility index (Phi) is 7.46. The molecule has 2 aliphatic heterocycles. The largest absolute Gasteiger partial charge is 0.481 e. The molecule has 0 saturated carbocycles. The van der Waals surface area contributed by atoms with Gasteiger partial charge in [0.2, 0.25) is 6.29 Å².